The maximum absolute atomic E-state index is 12.7. The number of carbonyl (C=O) groups is 1. The van der Waals surface area contributed by atoms with Crippen LogP contribution in [0.3, 0.4) is 0 Å². The first-order valence-electron chi connectivity index (χ1n) is 18.3. The number of amides is 1. The van der Waals surface area contributed by atoms with Gasteiger partial charge < -0.3 is 28.8 Å². The van der Waals surface area contributed by atoms with E-state index in [0.717, 1.165) is 77.0 Å². The number of unbranched alkanes of at least 4 members (excludes halogenated alkanes) is 8. The number of aliphatic hydroxyl groups is 1. The summed E-state index contributed by atoms with van der Waals surface area (Å²) in [7, 11) is 1.20. The van der Waals surface area contributed by atoms with Gasteiger partial charge in [-0.3, -0.25) is 9.36 Å². The van der Waals surface area contributed by atoms with Crippen LogP contribution in [0.5, 0.6) is 0 Å². The van der Waals surface area contributed by atoms with Crippen molar-refractivity contribution in [3.8, 4) is 0 Å². The van der Waals surface area contributed by atoms with Crippen LogP contribution in [0.15, 0.2) is 72.9 Å². The molecule has 0 aliphatic heterocycles. The summed E-state index contributed by atoms with van der Waals surface area (Å²) in [6.07, 6.45) is 39.6. The summed E-state index contributed by atoms with van der Waals surface area (Å²) in [6, 6.07) is -0.916. The van der Waals surface area contributed by atoms with Gasteiger partial charge in [-0.25, -0.2) is 0 Å². The Balaban J connectivity index is 4.59. The zero-order chi connectivity index (χ0) is 35.8. The lowest BCUT2D eigenvalue weighted by molar-refractivity contribution is -0.870. The van der Waals surface area contributed by atoms with Crippen molar-refractivity contribution in [3.05, 3.63) is 72.9 Å². The van der Waals surface area contributed by atoms with Gasteiger partial charge in [0.05, 0.1) is 39.9 Å². The molecule has 3 unspecified atom stereocenters. The molecule has 0 aromatic rings. The Bertz CT molecular complexity index is 1010. The molecular weight excluding hydrogens is 623 g/mol. The summed E-state index contributed by atoms with van der Waals surface area (Å²) in [5.41, 5.74) is 0. The van der Waals surface area contributed by atoms with Crippen LogP contribution < -0.4 is 10.2 Å². The minimum atomic E-state index is -4.59. The lowest BCUT2D eigenvalue weighted by atomic mass is 10.1. The van der Waals surface area contributed by atoms with E-state index in [1.807, 2.05) is 27.2 Å². The molecule has 0 aliphatic carbocycles. The van der Waals surface area contributed by atoms with Crippen molar-refractivity contribution >= 4 is 13.7 Å². The van der Waals surface area contributed by atoms with E-state index in [-0.39, 0.29) is 12.5 Å². The summed E-state index contributed by atoms with van der Waals surface area (Å²) in [5.74, 6) is -0.239. The van der Waals surface area contributed by atoms with Gasteiger partial charge in [0.1, 0.15) is 13.2 Å². The van der Waals surface area contributed by atoms with Gasteiger partial charge in [0.15, 0.2) is 0 Å². The number of phosphoric ester groups is 1. The molecule has 8 nitrogen and oxygen atoms in total. The first-order valence-corrected chi connectivity index (χ1v) is 19.8. The number of rotatable bonds is 31. The average molecular weight is 693 g/mol. The summed E-state index contributed by atoms with van der Waals surface area (Å²) in [4.78, 5) is 25.1. The molecule has 0 aromatic heterocycles. The Morgan fingerprint density at radius 2 is 1.29 bits per heavy atom. The molecule has 9 heteroatoms. The number of aliphatic hydroxyl groups excluding tert-OH is 1. The molecule has 2 N–H and O–H groups in total. The summed E-state index contributed by atoms with van der Waals surface area (Å²) in [5, 5.41) is 13.6. The number of likely N-dealkylation sites (N-methyl/N-ethyl adjacent to an activating group) is 1. The van der Waals surface area contributed by atoms with Crippen LogP contribution >= 0.6 is 7.82 Å². The maximum Gasteiger partial charge on any atom is 0.268 e. The fraction of sp³-hybridized carbons (Fsp3) is 0.667. The maximum atomic E-state index is 12.7. The van der Waals surface area contributed by atoms with Crippen molar-refractivity contribution in [2.45, 2.75) is 129 Å². The van der Waals surface area contributed by atoms with E-state index >= 15 is 0 Å². The summed E-state index contributed by atoms with van der Waals surface area (Å²) in [6.45, 7) is 4.39. The highest BCUT2D eigenvalue weighted by molar-refractivity contribution is 7.45. The molecule has 276 valence electrons. The second-order valence-electron chi connectivity index (χ2n) is 13.2. The van der Waals surface area contributed by atoms with Crippen LogP contribution in [-0.2, 0) is 18.4 Å². The van der Waals surface area contributed by atoms with Gasteiger partial charge in [-0.2, -0.15) is 0 Å². The van der Waals surface area contributed by atoms with E-state index in [2.05, 4.69) is 79.9 Å². The Morgan fingerprint density at radius 3 is 1.92 bits per heavy atom. The van der Waals surface area contributed by atoms with Crippen LogP contribution in [-0.4, -0.2) is 68.5 Å². The fourth-order valence-corrected chi connectivity index (χ4v) is 5.17. The van der Waals surface area contributed by atoms with Crippen molar-refractivity contribution in [1.29, 1.82) is 0 Å². The number of allylic oxidation sites excluding steroid dienone is 11. The molecule has 1 amide bonds. The zero-order valence-corrected chi connectivity index (χ0v) is 31.8. The molecule has 3 atom stereocenters. The van der Waals surface area contributed by atoms with Gasteiger partial charge in [0.2, 0.25) is 5.91 Å². The largest absolute Gasteiger partial charge is 0.756 e. The molecule has 0 saturated heterocycles. The van der Waals surface area contributed by atoms with Crippen molar-refractivity contribution in [3.63, 3.8) is 0 Å². The number of hydrogen-bond donors (Lipinski definition) is 2. The predicted octanol–water partition coefficient (Wildman–Crippen LogP) is 8.66. The highest BCUT2D eigenvalue weighted by Gasteiger charge is 2.23. The Kier molecular flexibility index (Phi) is 29.6. The van der Waals surface area contributed by atoms with Crippen molar-refractivity contribution < 1.29 is 32.9 Å². The quantitative estimate of drug-likeness (QED) is 0.0326. The molecule has 0 saturated carbocycles. The van der Waals surface area contributed by atoms with Crippen LogP contribution in [0, 0.1) is 0 Å². The molecular formula is C39H69N2O6P. The van der Waals surface area contributed by atoms with Gasteiger partial charge >= 0.3 is 0 Å². The van der Waals surface area contributed by atoms with Crippen LogP contribution in [0.25, 0.3) is 0 Å². The summed E-state index contributed by atoms with van der Waals surface area (Å²) >= 11 is 0. The van der Waals surface area contributed by atoms with Gasteiger partial charge in [-0.1, -0.05) is 112 Å². The smallest absolute Gasteiger partial charge is 0.268 e. The van der Waals surface area contributed by atoms with E-state index < -0.39 is 26.6 Å². The molecule has 0 aromatic carbocycles. The van der Waals surface area contributed by atoms with Crippen molar-refractivity contribution in [2.24, 2.45) is 0 Å². The number of phosphoric acid groups is 1. The van der Waals surface area contributed by atoms with Crippen LogP contribution in [0.1, 0.15) is 117 Å². The number of hydrogen-bond acceptors (Lipinski definition) is 6. The van der Waals surface area contributed by atoms with E-state index in [4.69, 9.17) is 9.05 Å². The predicted molar refractivity (Wildman–Crippen MR) is 200 cm³/mol. The summed E-state index contributed by atoms with van der Waals surface area (Å²) < 4.78 is 23.0. The fourth-order valence-electron chi connectivity index (χ4n) is 4.45. The normalized spacial score (nSPS) is 15.6. The zero-order valence-electron chi connectivity index (χ0n) is 30.9. The van der Waals surface area contributed by atoms with Crippen LogP contribution in [0.2, 0.25) is 0 Å². The second-order valence-corrected chi connectivity index (χ2v) is 14.6. The Hall–Kier alpha value is -2.06. The highest BCUT2D eigenvalue weighted by atomic mass is 31.2. The molecule has 0 bridgehead atoms. The monoisotopic (exact) mass is 692 g/mol. The van der Waals surface area contributed by atoms with Gasteiger partial charge in [0, 0.05) is 6.42 Å². The van der Waals surface area contributed by atoms with E-state index in [1.54, 1.807) is 6.08 Å². The topological polar surface area (TPSA) is 108 Å². The average Bonchev–Trinajstić information content (AvgIpc) is 3.02. The minimum absolute atomic E-state index is 0.0159. The van der Waals surface area contributed by atoms with Crippen LogP contribution in [0.4, 0.5) is 0 Å². The lowest BCUT2D eigenvalue weighted by Gasteiger charge is -2.29. The minimum Gasteiger partial charge on any atom is -0.756 e. The Labute approximate surface area is 294 Å². The highest BCUT2D eigenvalue weighted by Crippen LogP contribution is 2.38. The van der Waals surface area contributed by atoms with Gasteiger partial charge in [-0.15, -0.1) is 0 Å². The second kappa shape index (κ2) is 31.0. The third-order valence-corrected chi connectivity index (χ3v) is 8.36. The van der Waals surface area contributed by atoms with E-state index in [1.165, 1.54) is 19.3 Å². The van der Waals surface area contributed by atoms with Crippen molar-refractivity contribution in [2.75, 3.05) is 40.9 Å². The molecule has 0 rings (SSSR count). The molecule has 48 heavy (non-hydrogen) atoms. The van der Waals surface area contributed by atoms with Gasteiger partial charge in [-0.05, 0) is 70.6 Å². The van der Waals surface area contributed by atoms with Crippen molar-refractivity contribution in [1.82, 2.24) is 5.32 Å². The first-order chi connectivity index (χ1) is 23.0. The van der Waals surface area contributed by atoms with E-state index in [0.29, 0.717) is 17.4 Å². The molecule has 0 spiro atoms. The standard InChI is InChI=1S/C39H69N2O6P/c1-6-8-10-12-14-16-17-18-19-20-21-22-23-25-27-29-31-33-39(43)40-37(36-47-48(44,45)46-35-34-41(3,4)5)38(42)32-30-28-26-24-15-13-11-9-7-2/h8,10,14-16,18-19,21-22,24,30,32,37-38,42H,6-7,9,11-13,17,20,23,25-29,31,33-36H2,1-5H3,(H-,40,43,44,45)/b10-8-,16-14-,19-18-,22-21-,24-15+,32-30+. The Morgan fingerprint density at radius 1 is 0.750 bits per heavy atom. The molecule has 0 aliphatic rings. The number of nitrogens with one attached hydrogen (secondary N) is 1. The SMILES string of the molecule is CC/C=C\C/C=C\C/C=C\C/C=C\CCCCCCC(=O)NC(COP(=O)([O-])OCC[N+](C)(C)C)C(O)/C=C/CC/C=C/CCCCC. The number of nitrogens with zero attached hydrogens (tertiary/aromatic N) is 1. The first kappa shape index (κ1) is 45.9. The lowest BCUT2D eigenvalue weighted by Crippen LogP contribution is -2.45. The van der Waals surface area contributed by atoms with Gasteiger partial charge in [0.25, 0.3) is 7.82 Å². The van der Waals surface area contributed by atoms with E-state index in [9.17, 15) is 19.4 Å². The third kappa shape index (κ3) is 32.5. The number of carbonyl (C=O) groups excluding carboxylic acids is 1. The third-order valence-electron chi connectivity index (χ3n) is 7.40. The molecule has 0 heterocycles. The molecule has 0 fully saturated rings. The molecule has 0 radical (unpaired) electrons. The number of quaternary nitrogens is 1.